The summed E-state index contributed by atoms with van der Waals surface area (Å²) in [4.78, 5) is 38.3. The normalized spacial score (nSPS) is 14.9. The van der Waals surface area contributed by atoms with E-state index in [1.807, 2.05) is 18.2 Å². The van der Waals surface area contributed by atoms with E-state index in [-0.39, 0.29) is 30.4 Å². The van der Waals surface area contributed by atoms with Crippen LogP contribution in [0.1, 0.15) is 35.7 Å². The summed E-state index contributed by atoms with van der Waals surface area (Å²) in [6.07, 6.45) is 0.237. The Morgan fingerprint density at radius 3 is 2.53 bits per heavy atom. The molecule has 0 radical (unpaired) electrons. The Morgan fingerprint density at radius 2 is 1.81 bits per heavy atom. The molecular formula is C24H28N2O6. The van der Waals surface area contributed by atoms with Crippen molar-refractivity contribution < 1.29 is 28.6 Å². The number of benzene rings is 2. The van der Waals surface area contributed by atoms with E-state index in [1.165, 1.54) is 4.90 Å². The highest BCUT2D eigenvalue weighted by atomic mass is 16.5. The lowest BCUT2D eigenvalue weighted by Crippen LogP contribution is -2.42. The maximum atomic E-state index is 12.6. The van der Waals surface area contributed by atoms with Gasteiger partial charge >= 0.3 is 0 Å². The van der Waals surface area contributed by atoms with Crippen molar-refractivity contribution in [3.05, 3.63) is 47.5 Å². The molecule has 0 saturated carbocycles. The molecule has 0 spiro atoms. The summed E-state index contributed by atoms with van der Waals surface area (Å²) in [5.41, 5.74) is 2.00. The largest absolute Gasteiger partial charge is 0.493 e. The van der Waals surface area contributed by atoms with Crippen molar-refractivity contribution in [2.45, 2.75) is 32.3 Å². The van der Waals surface area contributed by atoms with E-state index in [9.17, 15) is 14.4 Å². The molecule has 1 aliphatic heterocycles. The average Bonchev–Trinajstić information content (AvgIpc) is 2.80. The average molecular weight is 440 g/mol. The molecule has 1 heterocycles. The number of Topliss-reactive ketones (excluding diaryl/α,β-unsaturated/α-hetero) is 1. The summed E-state index contributed by atoms with van der Waals surface area (Å²) in [5, 5.41) is 2.84. The van der Waals surface area contributed by atoms with E-state index in [1.54, 1.807) is 46.4 Å². The van der Waals surface area contributed by atoms with Crippen molar-refractivity contribution in [2.24, 2.45) is 0 Å². The molecule has 8 nitrogen and oxygen atoms in total. The van der Waals surface area contributed by atoms with Gasteiger partial charge in [0.2, 0.25) is 5.91 Å². The van der Waals surface area contributed by atoms with Gasteiger partial charge in [-0.1, -0.05) is 6.07 Å². The minimum atomic E-state index is -0.559. The number of likely N-dealkylation sites (N-methyl/N-ethyl adjacent to an activating group) is 1. The minimum Gasteiger partial charge on any atom is -0.493 e. The number of anilines is 1. The van der Waals surface area contributed by atoms with E-state index < -0.39 is 6.10 Å². The third-order valence-electron chi connectivity index (χ3n) is 5.39. The zero-order valence-electron chi connectivity index (χ0n) is 18.8. The van der Waals surface area contributed by atoms with E-state index in [0.29, 0.717) is 41.5 Å². The zero-order chi connectivity index (χ0) is 23.3. The van der Waals surface area contributed by atoms with Crippen LogP contribution in [0.2, 0.25) is 0 Å². The number of ketones is 1. The van der Waals surface area contributed by atoms with Crippen LogP contribution in [0.5, 0.6) is 17.2 Å². The molecule has 0 saturated heterocycles. The van der Waals surface area contributed by atoms with Crippen LogP contribution < -0.4 is 24.4 Å². The minimum absolute atomic E-state index is 0.0793. The third kappa shape index (κ3) is 5.19. The number of fused-ring (bicyclic) bond motifs is 1. The first kappa shape index (κ1) is 23.1. The Balaban J connectivity index is 1.49. The first-order chi connectivity index (χ1) is 15.3. The Kier molecular flexibility index (Phi) is 7.35. The van der Waals surface area contributed by atoms with Crippen LogP contribution in [0.4, 0.5) is 5.69 Å². The number of rotatable bonds is 9. The highest BCUT2D eigenvalue weighted by Crippen LogP contribution is 2.34. The molecule has 2 aromatic carbocycles. The number of carbonyl (C=O) groups excluding carboxylic acids is 3. The quantitative estimate of drug-likeness (QED) is 0.603. The lowest BCUT2D eigenvalue weighted by molar-refractivity contribution is -0.125. The first-order valence-electron chi connectivity index (χ1n) is 10.4. The zero-order valence-corrected chi connectivity index (χ0v) is 18.8. The Bertz CT molecular complexity index is 1020. The molecule has 8 heteroatoms. The maximum Gasteiger partial charge on any atom is 0.267 e. The van der Waals surface area contributed by atoms with Crippen molar-refractivity contribution in [1.82, 2.24) is 5.32 Å². The van der Waals surface area contributed by atoms with Crippen LogP contribution >= 0.6 is 0 Å². The monoisotopic (exact) mass is 440 g/mol. The molecule has 170 valence electrons. The molecule has 0 aromatic heterocycles. The Hall–Kier alpha value is -3.55. The van der Waals surface area contributed by atoms with Gasteiger partial charge in [-0.3, -0.25) is 14.4 Å². The Morgan fingerprint density at radius 1 is 1.06 bits per heavy atom. The van der Waals surface area contributed by atoms with Gasteiger partial charge in [0.05, 0.1) is 19.9 Å². The Labute approximate surface area is 187 Å². The van der Waals surface area contributed by atoms with Gasteiger partial charge in [0, 0.05) is 32.0 Å². The molecule has 0 aliphatic carbocycles. The van der Waals surface area contributed by atoms with Gasteiger partial charge in [0.1, 0.15) is 5.75 Å². The van der Waals surface area contributed by atoms with Crippen molar-refractivity contribution >= 4 is 23.3 Å². The third-order valence-corrected chi connectivity index (χ3v) is 5.39. The number of ether oxygens (including phenoxy) is 3. The van der Waals surface area contributed by atoms with E-state index in [4.69, 9.17) is 14.2 Å². The molecule has 2 amide bonds. The van der Waals surface area contributed by atoms with Gasteiger partial charge in [-0.15, -0.1) is 0 Å². The van der Waals surface area contributed by atoms with Crippen LogP contribution in [0.3, 0.4) is 0 Å². The van der Waals surface area contributed by atoms with Gasteiger partial charge in [0.25, 0.3) is 5.91 Å². The van der Waals surface area contributed by atoms with Gasteiger partial charge in [0.15, 0.2) is 23.4 Å². The van der Waals surface area contributed by atoms with Gasteiger partial charge in [-0.05, 0) is 49.2 Å². The van der Waals surface area contributed by atoms with Gasteiger partial charge in [-0.25, -0.2) is 0 Å². The molecule has 1 atom stereocenters. The fraction of sp³-hybridized carbons (Fsp3) is 0.375. The standard InChI is InChI=1S/C24H28N2O6/c1-15-24(29)26(2)18-14-17(6-9-20(18)32-15)19(27)7-10-23(28)25-12-11-16-5-8-21(30-3)22(13-16)31-4/h5-6,8-9,13-15H,7,10-12H2,1-4H3,(H,25,28). The van der Waals surface area contributed by atoms with Crippen LogP contribution in [0.15, 0.2) is 36.4 Å². The smallest absolute Gasteiger partial charge is 0.267 e. The van der Waals surface area contributed by atoms with Gasteiger partial charge in [-0.2, -0.15) is 0 Å². The van der Waals surface area contributed by atoms with Crippen molar-refractivity contribution in [3.8, 4) is 17.2 Å². The molecule has 1 aliphatic rings. The second-order valence-electron chi connectivity index (χ2n) is 7.55. The van der Waals surface area contributed by atoms with E-state index in [0.717, 1.165) is 5.56 Å². The lowest BCUT2D eigenvalue weighted by Gasteiger charge is -2.30. The molecule has 3 rings (SSSR count). The molecule has 1 unspecified atom stereocenters. The van der Waals surface area contributed by atoms with E-state index >= 15 is 0 Å². The number of methoxy groups -OCH3 is 2. The lowest BCUT2D eigenvalue weighted by atomic mass is 10.0. The van der Waals surface area contributed by atoms with Crippen molar-refractivity contribution in [2.75, 3.05) is 32.7 Å². The highest BCUT2D eigenvalue weighted by molar-refractivity contribution is 6.03. The second kappa shape index (κ2) is 10.2. The summed E-state index contributed by atoms with van der Waals surface area (Å²) in [5.74, 6) is 1.32. The first-order valence-corrected chi connectivity index (χ1v) is 10.4. The molecule has 32 heavy (non-hydrogen) atoms. The summed E-state index contributed by atoms with van der Waals surface area (Å²) >= 11 is 0. The fourth-order valence-electron chi connectivity index (χ4n) is 3.53. The number of hydrogen-bond acceptors (Lipinski definition) is 6. The summed E-state index contributed by atoms with van der Waals surface area (Å²) in [6.45, 7) is 2.13. The number of carbonyl (C=O) groups is 3. The molecule has 0 bridgehead atoms. The van der Waals surface area contributed by atoms with Crippen molar-refractivity contribution in [1.29, 1.82) is 0 Å². The van der Waals surface area contributed by atoms with Crippen LogP contribution in [0, 0.1) is 0 Å². The van der Waals surface area contributed by atoms with Crippen molar-refractivity contribution in [3.63, 3.8) is 0 Å². The van der Waals surface area contributed by atoms with Crippen LogP contribution in [-0.4, -0.2) is 51.5 Å². The molecule has 1 N–H and O–H groups in total. The van der Waals surface area contributed by atoms with Crippen LogP contribution in [-0.2, 0) is 16.0 Å². The highest BCUT2D eigenvalue weighted by Gasteiger charge is 2.29. The number of nitrogens with zero attached hydrogens (tertiary/aromatic N) is 1. The summed E-state index contributed by atoms with van der Waals surface area (Å²) < 4.78 is 16.1. The van der Waals surface area contributed by atoms with Crippen LogP contribution in [0.25, 0.3) is 0 Å². The maximum absolute atomic E-state index is 12.6. The predicted molar refractivity (Wildman–Crippen MR) is 120 cm³/mol. The summed E-state index contributed by atoms with van der Waals surface area (Å²) in [7, 11) is 4.81. The second-order valence-corrected chi connectivity index (χ2v) is 7.55. The fourth-order valence-corrected chi connectivity index (χ4v) is 3.53. The SMILES string of the molecule is COc1ccc(CCNC(=O)CCC(=O)c2ccc3c(c2)N(C)C(=O)C(C)O3)cc1OC. The summed E-state index contributed by atoms with van der Waals surface area (Å²) in [6, 6.07) is 10.6. The predicted octanol–water partition coefficient (Wildman–Crippen LogP) is 2.77. The topological polar surface area (TPSA) is 94.2 Å². The van der Waals surface area contributed by atoms with E-state index in [2.05, 4.69) is 5.32 Å². The molecule has 2 aromatic rings. The number of nitrogens with one attached hydrogen (secondary N) is 1. The van der Waals surface area contributed by atoms with Gasteiger partial charge < -0.3 is 24.4 Å². The molecular weight excluding hydrogens is 412 g/mol. The molecule has 0 fully saturated rings. The number of hydrogen-bond donors (Lipinski definition) is 1. The number of amides is 2.